The Morgan fingerprint density at radius 3 is 2.96 bits per heavy atom. The van der Waals surface area contributed by atoms with Crippen LogP contribution in [0.2, 0.25) is 0 Å². The van der Waals surface area contributed by atoms with Gasteiger partial charge in [0, 0.05) is 11.4 Å². The van der Waals surface area contributed by atoms with Crippen molar-refractivity contribution in [2.45, 2.75) is 13.1 Å². The highest BCUT2D eigenvalue weighted by molar-refractivity contribution is 7.09. The zero-order valence-electron chi connectivity index (χ0n) is 13.4. The first kappa shape index (κ1) is 16.5. The first-order chi connectivity index (χ1) is 11.8. The van der Waals surface area contributed by atoms with Crippen LogP contribution < -0.4 is 14.8 Å². The zero-order valence-corrected chi connectivity index (χ0v) is 14.3. The van der Waals surface area contributed by atoms with E-state index in [0.29, 0.717) is 19.6 Å². The first-order valence-electron chi connectivity index (χ1n) is 7.87. The van der Waals surface area contributed by atoms with E-state index in [0.717, 1.165) is 23.6 Å². The molecule has 0 unspecified atom stereocenters. The van der Waals surface area contributed by atoms with E-state index in [2.05, 4.69) is 12.6 Å². The van der Waals surface area contributed by atoms with Crippen LogP contribution in [0.4, 0.5) is 0 Å². The van der Waals surface area contributed by atoms with Crippen LogP contribution in [0.25, 0.3) is 0 Å². The normalized spacial score (nSPS) is 12.2. The summed E-state index contributed by atoms with van der Waals surface area (Å²) in [7, 11) is 0. The van der Waals surface area contributed by atoms with E-state index in [9.17, 15) is 4.79 Å². The van der Waals surface area contributed by atoms with Crippen LogP contribution in [0.15, 0.2) is 48.4 Å². The van der Waals surface area contributed by atoms with Gasteiger partial charge >= 0.3 is 0 Å². The molecule has 1 amide bonds. The fraction of sp³-hybridized carbons (Fsp3) is 0.278. The third-order valence-electron chi connectivity index (χ3n) is 3.74. The fourth-order valence-electron chi connectivity index (χ4n) is 2.54. The molecule has 1 aliphatic rings. The second kappa shape index (κ2) is 7.99. The minimum atomic E-state index is 0.114. The average Bonchev–Trinajstić information content (AvgIpc) is 3.25. The Labute approximate surface area is 145 Å². The molecule has 1 aromatic heterocycles. The summed E-state index contributed by atoms with van der Waals surface area (Å²) in [5.74, 6) is 1.62. The summed E-state index contributed by atoms with van der Waals surface area (Å²) in [5, 5.41) is 3.98. The molecule has 1 aliphatic heterocycles. The molecule has 5 nitrogen and oxygen atoms in total. The van der Waals surface area contributed by atoms with E-state index in [4.69, 9.17) is 9.47 Å². The lowest BCUT2D eigenvalue weighted by molar-refractivity contribution is -0.635. The Kier molecular flexibility index (Phi) is 5.51. The van der Waals surface area contributed by atoms with E-state index in [1.807, 2.05) is 39.9 Å². The summed E-state index contributed by atoms with van der Waals surface area (Å²) in [6, 6.07) is 9.89. The van der Waals surface area contributed by atoms with Gasteiger partial charge in [0.25, 0.3) is 5.91 Å². The fourth-order valence-corrected chi connectivity index (χ4v) is 3.26. The van der Waals surface area contributed by atoms with Crippen molar-refractivity contribution >= 4 is 17.2 Å². The van der Waals surface area contributed by atoms with Gasteiger partial charge in [-0.3, -0.25) is 4.79 Å². The topological polar surface area (TPSA) is 55.4 Å². The van der Waals surface area contributed by atoms with Crippen molar-refractivity contribution in [2.24, 2.45) is 0 Å². The van der Waals surface area contributed by atoms with Crippen LogP contribution in [0.3, 0.4) is 0 Å². The predicted molar refractivity (Wildman–Crippen MR) is 93.0 cm³/mol. The predicted octanol–water partition coefficient (Wildman–Crippen LogP) is 1.75. The van der Waals surface area contributed by atoms with Gasteiger partial charge in [0.15, 0.2) is 18.0 Å². The van der Waals surface area contributed by atoms with Gasteiger partial charge in [-0.1, -0.05) is 18.7 Å². The second-order valence-corrected chi connectivity index (χ2v) is 6.57. The molecule has 6 heteroatoms. The molecule has 0 aliphatic carbocycles. The number of nitrogens with zero attached hydrogens (tertiary/aromatic N) is 1. The van der Waals surface area contributed by atoms with Crippen LogP contribution >= 0.6 is 11.3 Å². The van der Waals surface area contributed by atoms with Gasteiger partial charge in [0.2, 0.25) is 6.79 Å². The highest BCUT2D eigenvalue weighted by Gasteiger charge is 2.19. The standard InChI is InChI=1S/C18H20N2O3S/c1-2-7-19-10-18(21)20(12-15-4-3-8-24-15)11-14-5-6-16-17(9-14)23-13-22-16/h2-6,8-9,19H,1,7,10-13H2/p+1. The Bertz CT molecular complexity index is 700. The summed E-state index contributed by atoms with van der Waals surface area (Å²) in [6.07, 6.45) is 1.80. The van der Waals surface area contributed by atoms with Crippen LogP contribution in [-0.4, -0.2) is 30.7 Å². The lowest BCUT2D eigenvalue weighted by atomic mass is 10.2. The zero-order chi connectivity index (χ0) is 16.8. The Morgan fingerprint density at radius 2 is 2.17 bits per heavy atom. The van der Waals surface area contributed by atoms with Crippen molar-refractivity contribution in [1.29, 1.82) is 0 Å². The highest BCUT2D eigenvalue weighted by atomic mass is 32.1. The van der Waals surface area contributed by atoms with Gasteiger partial charge in [-0.2, -0.15) is 0 Å². The summed E-state index contributed by atoms with van der Waals surface area (Å²) in [6.45, 7) is 6.27. The van der Waals surface area contributed by atoms with E-state index in [1.54, 1.807) is 17.4 Å². The molecule has 2 heterocycles. The summed E-state index contributed by atoms with van der Waals surface area (Å²) < 4.78 is 10.8. The molecule has 2 N–H and O–H groups in total. The number of benzene rings is 1. The number of carbonyl (C=O) groups excluding carboxylic acids is 1. The third kappa shape index (κ3) is 4.15. The number of quaternary nitrogens is 1. The minimum Gasteiger partial charge on any atom is -0.454 e. The molecule has 0 atom stereocenters. The molecule has 0 saturated heterocycles. The van der Waals surface area contributed by atoms with Crippen LogP contribution in [0, 0.1) is 0 Å². The van der Waals surface area contributed by atoms with E-state index in [1.165, 1.54) is 4.88 Å². The van der Waals surface area contributed by atoms with Gasteiger partial charge in [-0.15, -0.1) is 11.3 Å². The van der Waals surface area contributed by atoms with Crippen LogP contribution in [-0.2, 0) is 17.9 Å². The maximum absolute atomic E-state index is 12.6. The van der Waals surface area contributed by atoms with Crippen molar-refractivity contribution in [2.75, 3.05) is 19.9 Å². The molecule has 0 radical (unpaired) electrons. The number of fused-ring (bicyclic) bond motifs is 1. The number of ether oxygens (including phenoxy) is 2. The van der Waals surface area contributed by atoms with E-state index in [-0.39, 0.29) is 12.7 Å². The molecule has 0 spiro atoms. The molecule has 0 fully saturated rings. The number of rotatable bonds is 8. The molecular weight excluding hydrogens is 324 g/mol. The first-order valence-corrected chi connectivity index (χ1v) is 8.75. The quantitative estimate of drug-likeness (QED) is 0.586. The summed E-state index contributed by atoms with van der Waals surface area (Å²) in [5.41, 5.74) is 1.04. The number of nitrogens with two attached hydrogens (primary N) is 1. The molecule has 3 rings (SSSR count). The number of hydrogen-bond donors (Lipinski definition) is 1. The monoisotopic (exact) mass is 345 g/mol. The lowest BCUT2D eigenvalue weighted by Crippen LogP contribution is -2.86. The maximum Gasteiger partial charge on any atom is 0.278 e. The maximum atomic E-state index is 12.6. The molecular formula is C18H21N2O3S+. The minimum absolute atomic E-state index is 0.114. The number of hydrogen-bond acceptors (Lipinski definition) is 4. The van der Waals surface area contributed by atoms with E-state index >= 15 is 0 Å². The molecule has 2 aromatic rings. The van der Waals surface area contributed by atoms with Gasteiger partial charge in [-0.25, -0.2) is 0 Å². The van der Waals surface area contributed by atoms with Gasteiger partial charge in [0.05, 0.1) is 13.1 Å². The van der Waals surface area contributed by atoms with Crippen LogP contribution in [0.5, 0.6) is 11.5 Å². The second-order valence-electron chi connectivity index (χ2n) is 5.53. The van der Waals surface area contributed by atoms with Crippen LogP contribution in [0.1, 0.15) is 10.4 Å². The van der Waals surface area contributed by atoms with Crippen molar-refractivity contribution < 1.29 is 19.6 Å². The van der Waals surface area contributed by atoms with Crippen molar-refractivity contribution in [3.63, 3.8) is 0 Å². The van der Waals surface area contributed by atoms with Gasteiger partial charge in [0.1, 0.15) is 0 Å². The molecule has 126 valence electrons. The number of thiophene rings is 1. The largest absolute Gasteiger partial charge is 0.454 e. The smallest absolute Gasteiger partial charge is 0.278 e. The number of amides is 1. The lowest BCUT2D eigenvalue weighted by Gasteiger charge is -2.21. The highest BCUT2D eigenvalue weighted by Crippen LogP contribution is 2.33. The Hall–Kier alpha value is -2.31. The molecule has 0 saturated carbocycles. The number of carbonyl (C=O) groups is 1. The van der Waals surface area contributed by atoms with E-state index < -0.39 is 0 Å². The van der Waals surface area contributed by atoms with Crippen molar-refractivity contribution in [3.05, 3.63) is 58.8 Å². The Balaban J connectivity index is 1.71. The molecule has 0 bridgehead atoms. The summed E-state index contributed by atoms with van der Waals surface area (Å²) >= 11 is 1.66. The summed E-state index contributed by atoms with van der Waals surface area (Å²) in [4.78, 5) is 15.6. The Morgan fingerprint density at radius 1 is 1.29 bits per heavy atom. The SMILES string of the molecule is C=CC[NH2+]CC(=O)N(Cc1ccc2c(c1)OCO2)Cc1cccs1. The average molecular weight is 345 g/mol. The van der Waals surface area contributed by atoms with Gasteiger partial charge in [-0.05, 0) is 35.2 Å². The van der Waals surface area contributed by atoms with Crippen molar-refractivity contribution in [3.8, 4) is 11.5 Å². The third-order valence-corrected chi connectivity index (χ3v) is 4.60. The molecule has 1 aromatic carbocycles. The van der Waals surface area contributed by atoms with Gasteiger partial charge < -0.3 is 19.7 Å². The molecule has 24 heavy (non-hydrogen) atoms. The van der Waals surface area contributed by atoms with Crippen molar-refractivity contribution in [1.82, 2.24) is 4.90 Å².